The van der Waals surface area contributed by atoms with Gasteiger partial charge in [-0.25, -0.2) is 18.6 Å². The van der Waals surface area contributed by atoms with Crippen molar-refractivity contribution in [1.29, 1.82) is 0 Å². The standard InChI is InChI=1S/C25H24Cl2NOP.ClHO4/c1-25(2,3)24(29)28-23(22(26)27)30(19-13-7-4-8-14-19,20-15-9-5-10-16-20)21-17-11-6-12-18-21;2-1(3,4)5/h4-18H,1-3H3;(H,2,3,4,5). The lowest BCUT2D eigenvalue weighted by Crippen LogP contribution is -2.68. The van der Waals surface area contributed by atoms with Crippen LogP contribution in [0.25, 0.3) is 0 Å². The largest absolute Gasteiger partial charge is 0.294 e. The quantitative estimate of drug-likeness (QED) is 0.470. The number of nitrogens with one attached hydrogen (secondary N) is 1. The third-order valence-corrected chi connectivity index (χ3v) is 9.72. The zero-order valence-corrected chi connectivity index (χ0v) is 22.4. The number of amides is 1. The van der Waals surface area contributed by atoms with Crippen molar-refractivity contribution in [3.05, 3.63) is 101 Å². The summed E-state index contributed by atoms with van der Waals surface area (Å²) in [6.45, 7) is 5.61. The van der Waals surface area contributed by atoms with Crippen LogP contribution in [0.1, 0.15) is 20.8 Å². The Morgan fingerprint density at radius 2 is 1.00 bits per heavy atom. The Balaban J connectivity index is 0.000000784. The molecule has 0 spiro atoms. The molecule has 1 amide bonds. The number of rotatable bonds is 5. The molecule has 0 saturated carbocycles. The van der Waals surface area contributed by atoms with Crippen LogP contribution in [0.3, 0.4) is 0 Å². The highest BCUT2D eigenvalue weighted by molar-refractivity contribution is 7.99. The first-order valence-corrected chi connectivity index (χ1v) is 14.1. The van der Waals surface area contributed by atoms with E-state index >= 15 is 0 Å². The van der Waals surface area contributed by atoms with Crippen molar-refractivity contribution in [2.24, 2.45) is 5.41 Å². The van der Waals surface area contributed by atoms with Crippen molar-refractivity contribution in [3.63, 3.8) is 0 Å². The Morgan fingerprint density at radius 3 is 1.23 bits per heavy atom. The van der Waals surface area contributed by atoms with Gasteiger partial charge in [0, 0.05) is 5.41 Å². The maximum atomic E-state index is 13.1. The summed E-state index contributed by atoms with van der Waals surface area (Å²) in [4.78, 5) is 13.1. The zero-order chi connectivity index (χ0) is 26.3. The molecule has 10 heteroatoms. The first kappa shape index (κ1) is 29.2. The SMILES string of the molecule is CC(C)(C)C(=O)NC(=C(Cl)Cl)[P+](c1ccccc1)(c1ccccc1)c1ccccc1.[O-][Cl+3]([O-])([O-])[O-]. The lowest BCUT2D eigenvalue weighted by atomic mass is 9.96. The minimum atomic E-state index is -4.94. The van der Waals surface area contributed by atoms with Gasteiger partial charge in [-0.05, 0) is 36.4 Å². The van der Waals surface area contributed by atoms with E-state index in [-0.39, 0.29) is 10.4 Å². The Bertz CT molecular complexity index is 1030. The molecule has 0 aromatic heterocycles. The van der Waals surface area contributed by atoms with Crippen LogP contribution in [0.15, 0.2) is 101 Å². The van der Waals surface area contributed by atoms with Crippen molar-refractivity contribution < 1.29 is 33.7 Å². The molecular formula is C25H25Cl3NO5P. The van der Waals surface area contributed by atoms with E-state index in [1.807, 2.05) is 75.4 Å². The van der Waals surface area contributed by atoms with E-state index in [0.29, 0.717) is 5.44 Å². The van der Waals surface area contributed by atoms with Crippen molar-refractivity contribution in [1.82, 2.24) is 5.32 Å². The van der Waals surface area contributed by atoms with E-state index in [0.717, 1.165) is 15.9 Å². The molecule has 3 aromatic carbocycles. The summed E-state index contributed by atoms with van der Waals surface area (Å²) < 4.78 is 34.0. The van der Waals surface area contributed by atoms with Gasteiger partial charge >= 0.3 is 0 Å². The van der Waals surface area contributed by atoms with Crippen molar-refractivity contribution in [3.8, 4) is 0 Å². The van der Waals surface area contributed by atoms with E-state index in [1.54, 1.807) is 0 Å². The second-order valence-electron chi connectivity index (χ2n) is 8.37. The van der Waals surface area contributed by atoms with Gasteiger partial charge in [-0.15, -0.1) is 10.2 Å². The third kappa shape index (κ3) is 8.01. The minimum absolute atomic E-state index is 0.0671. The van der Waals surface area contributed by atoms with Gasteiger partial charge in [0.2, 0.25) is 11.3 Å². The molecule has 1 N–H and O–H groups in total. The van der Waals surface area contributed by atoms with E-state index in [9.17, 15) is 4.79 Å². The van der Waals surface area contributed by atoms with Crippen LogP contribution in [0.4, 0.5) is 0 Å². The zero-order valence-electron chi connectivity index (χ0n) is 19.3. The Kier molecular flexibility index (Phi) is 10.3. The van der Waals surface area contributed by atoms with E-state index in [4.69, 9.17) is 41.8 Å². The van der Waals surface area contributed by atoms with Crippen LogP contribution in [0, 0.1) is 15.7 Å². The van der Waals surface area contributed by atoms with Gasteiger partial charge in [0.05, 0.1) is 0 Å². The first-order valence-electron chi connectivity index (χ1n) is 10.3. The van der Waals surface area contributed by atoms with Crippen LogP contribution in [-0.2, 0) is 4.79 Å². The Labute approximate surface area is 217 Å². The van der Waals surface area contributed by atoms with Crippen LogP contribution in [-0.4, -0.2) is 5.91 Å². The number of hydrogen-bond donors (Lipinski definition) is 1. The average molecular weight is 557 g/mol. The Morgan fingerprint density at radius 1 is 0.714 bits per heavy atom. The predicted octanol–water partition coefficient (Wildman–Crippen LogP) is 0.991. The summed E-state index contributed by atoms with van der Waals surface area (Å²) in [6.07, 6.45) is 0. The lowest BCUT2D eigenvalue weighted by molar-refractivity contribution is -2.00. The number of hydrogen-bond acceptors (Lipinski definition) is 5. The van der Waals surface area contributed by atoms with Crippen LogP contribution in [0.2, 0.25) is 0 Å². The van der Waals surface area contributed by atoms with Crippen molar-refractivity contribution in [2.45, 2.75) is 20.8 Å². The molecule has 0 unspecified atom stereocenters. The molecule has 0 bridgehead atoms. The van der Waals surface area contributed by atoms with Crippen LogP contribution >= 0.6 is 30.5 Å². The van der Waals surface area contributed by atoms with Gasteiger partial charge in [-0.2, -0.15) is 0 Å². The third-order valence-electron chi connectivity index (χ3n) is 4.86. The van der Waals surface area contributed by atoms with Crippen LogP contribution < -0.4 is 39.9 Å². The molecule has 0 saturated heterocycles. The molecule has 0 radical (unpaired) electrons. The van der Waals surface area contributed by atoms with E-state index in [2.05, 4.69) is 41.7 Å². The molecule has 0 aliphatic carbocycles. The molecule has 35 heavy (non-hydrogen) atoms. The fraction of sp³-hybridized carbons (Fsp3) is 0.160. The van der Waals surface area contributed by atoms with E-state index in [1.165, 1.54) is 0 Å². The summed E-state index contributed by atoms with van der Waals surface area (Å²) in [5, 5.41) is 6.30. The molecule has 0 aliphatic rings. The minimum Gasteiger partial charge on any atom is -0.294 e. The smallest absolute Gasteiger partial charge is 0.232 e. The second-order valence-corrected chi connectivity index (χ2v) is 13.4. The number of halogens is 3. The summed E-state index contributed by atoms with van der Waals surface area (Å²) in [5.41, 5.74) is -0.0526. The second kappa shape index (κ2) is 12.3. The maximum absolute atomic E-state index is 13.1. The molecule has 0 aliphatic heterocycles. The molecule has 0 heterocycles. The van der Waals surface area contributed by atoms with Crippen molar-refractivity contribution >= 4 is 52.3 Å². The van der Waals surface area contributed by atoms with Gasteiger partial charge in [-0.1, -0.05) is 98.6 Å². The molecule has 6 nitrogen and oxygen atoms in total. The van der Waals surface area contributed by atoms with Gasteiger partial charge in [0.1, 0.15) is 15.9 Å². The topological polar surface area (TPSA) is 121 Å². The number of carbonyl (C=O) groups excluding carboxylic acids is 1. The van der Waals surface area contributed by atoms with Gasteiger partial charge < -0.3 is 0 Å². The Hall–Kier alpha value is -1.99. The highest BCUT2D eigenvalue weighted by Crippen LogP contribution is 2.63. The monoisotopic (exact) mass is 555 g/mol. The molecule has 3 rings (SSSR count). The highest BCUT2D eigenvalue weighted by atomic mass is 35.7. The number of carbonyl (C=O) groups is 1. The molecule has 0 fully saturated rings. The lowest BCUT2D eigenvalue weighted by Gasteiger charge is -2.30. The summed E-state index contributed by atoms with van der Waals surface area (Å²) in [6, 6.07) is 30.4. The van der Waals surface area contributed by atoms with Crippen molar-refractivity contribution in [2.75, 3.05) is 0 Å². The maximum Gasteiger partial charge on any atom is 0.232 e. The predicted molar refractivity (Wildman–Crippen MR) is 131 cm³/mol. The molecule has 0 atom stereocenters. The molecular weight excluding hydrogens is 532 g/mol. The molecule has 186 valence electrons. The number of benzene rings is 3. The summed E-state index contributed by atoms with van der Waals surface area (Å²) in [5.74, 6) is -0.136. The summed E-state index contributed by atoms with van der Waals surface area (Å²) >= 11 is 13.1. The van der Waals surface area contributed by atoms with Gasteiger partial charge in [-0.3, -0.25) is 10.1 Å². The average Bonchev–Trinajstić information content (AvgIpc) is 2.79. The fourth-order valence-electron chi connectivity index (χ4n) is 3.34. The highest BCUT2D eigenvalue weighted by Gasteiger charge is 2.52. The first-order chi connectivity index (χ1) is 16.3. The normalized spacial score (nSPS) is 11.7. The van der Waals surface area contributed by atoms with Gasteiger partial charge in [0.15, 0.2) is 11.8 Å². The summed E-state index contributed by atoms with van der Waals surface area (Å²) in [7, 11) is -7.50. The van der Waals surface area contributed by atoms with Crippen LogP contribution in [0.5, 0.6) is 0 Å². The molecule has 3 aromatic rings. The van der Waals surface area contributed by atoms with Gasteiger partial charge in [0.25, 0.3) is 0 Å². The van der Waals surface area contributed by atoms with E-state index < -0.39 is 22.9 Å². The fourth-order valence-corrected chi connectivity index (χ4v) is 8.25.